The van der Waals surface area contributed by atoms with Crippen LogP contribution in [0.1, 0.15) is 62.1 Å². The van der Waals surface area contributed by atoms with Crippen LogP contribution in [0.2, 0.25) is 0 Å². The fourth-order valence-corrected chi connectivity index (χ4v) is 5.91. The summed E-state index contributed by atoms with van der Waals surface area (Å²) >= 11 is 0. The van der Waals surface area contributed by atoms with E-state index in [-0.39, 0.29) is 5.91 Å². The van der Waals surface area contributed by atoms with Gasteiger partial charge in [-0.25, -0.2) is 0 Å². The molecule has 0 aliphatic carbocycles. The lowest BCUT2D eigenvalue weighted by molar-refractivity contribution is -0.136. The van der Waals surface area contributed by atoms with E-state index < -0.39 is 11.5 Å². The Morgan fingerprint density at radius 3 is 2.59 bits per heavy atom. The number of carbonyl (C=O) groups is 1. The smallest absolute Gasteiger partial charge is 0.222 e. The highest BCUT2D eigenvalue weighted by atomic mass is 16.5. The first-order valence-corrected chi connectivity index (χ1v) is 14.5. The number of fused-ring (bicyclic) bond motifs is 1. The van der Waals surface area contributed by atoms with Gasteiger partial charge in [0, 0.05) is 50.2 Å². The summed E-state index contributed by atoms with van der Waals surface area (Å²) in [6, 6.07) is 7.99. The minimum absolute atomic E-state index is 0.146. The highest BCUT2D eigenvalue weighted by Crippen LogP contribution is 2.33. The lowest BCUT2D eigenvalue weighted by atomic mass is 9.80. The number of β-amino-alcohol motifs (C(OH)–C–C–N with tert-alkyl or cyclic N) is 1. The third-order valence-electron chi connectivity index (χ3n) is 8.79. The van der Waals surface area contributed by atoms with Gasteiger partial charge in [0.05, 0.1) is 25.5 Å². The molecule has 8 nitrogen and oxygen atoms in total. The Bertz CT molecular complexity index is 1050. The minimum Gasteiger partial charge on any atom is -0.497 e. The van der Waals surface area contributed by atoms with E-state index in [0.717, 1.165) is 68.1 Å². The first kappa shape index (κ1) is 29.6. The molecule has 1 amide bonds. The maximum Gasteiger partial charge on any atom is 0.222 e. The molecule has 0 radical (unpaired) electrons. The Kier molecular flexibility index (Phi) is 10.1. The average Bonchev–Trinajstić information content (AvgIpc) is 3.23. The summed E-state index contributed by atoms with van der Waals surface area (Å²) in [5.41, 5.74) is 2.85. The molecule has 2 aliphatic rings. The largest absolute Gasteiger partial charge is 0.497 e. The van der Waals surface area contributed by atoms with Crippen molar-refractivity contribution in [1.29, 1.82) is 0 Å². The summed E-state index contributed by atoms with van der Waals surface area (Å²) in [4.78, 5) is 18.2. The topological polar surface area (TPSA) is 88.3 Å². The number of likely N-dealkylation sites (tertiary alicyclic amines) is 1. The summed E-state index contributed by atoms with van der Waals surface area (Å²) in [5.74, 6) is 2.61. The van der Waals surface area contributed by atoms with Crippen molar-refractivity contribution >= 4 is 5.91 Å². The second-order valence-electron chi connectivity index (χ2n) is 12.2. The van der Waals surface area contributed by atoms with Crippen LogP contribution in [0.3, 0.4) is 0 Å². The van der Waals surface area contributed by atoms with E-state index in [1.807, 2.05) is 56.9 Å². The second-order valence-corrected chi connectivity index (χ2v) is 12.2. The predicted molar refractivity (Wildman–Crippen MR) is 151 cm³/mol. The summed E-state index contributed by atoms with van der Waals surface area (Å²) in [6.07, 6.45) is 3.58. The molecule has 0 spiro atoms. The molecular weight excluding hydrogens is 494 g/mol. The molecular formula is C31H47N3O5. The van der Waals surface area contributed by atoms with Crippen molar-refractivity contribution in [2.75, 3.05) is 46.5 Å². The highest BCUT2D eigenvalue weighted by molar-refractivity contribution is 5.76. The Labute approximate surface area is 233 Å². The first-order valence-electron chi connectivity index (χ1n) is 14.5. The van der Waals surface area contributed by atoms with E-state index in [0.29, 0.717) is 44.6 Å². The first-order chi connectivity index (χ1) is 18.7. The van der Waals surface area contributed by atoms with Crippen molar-refractivity contribution in [2.45, 2.75) is 72.4 Å². The summed E-state index contributed by atoms with van der Waals surface area (Å²) in [7, 11) is 1.66. The number of aliphatic hydroxyl groups is 1. The van der Waals surface area contributed by atoms with E-state index in [2.05, 4.69) is 10.1 Å². The number of aliphatic hydroxyl groups excluding tert-OH is 1. The predicted octanol–water partition coefficient (Wildman–Crippen LogP) is 4.40. The molecule has 3 heterocycles. The lowest BCUT2D eigenvalue weighted by Gasteiger charge is -2.39. The quantitative estimate of drug-likeness (QED) is 0.580. The number of hydrogen-bond donors (Lipinski definition) is 1. The number of aromatic nitrogens is 1. The van der Waals surface area contributed by atoms with E-state index >= 15 is 0 Å². The van der Waals surface area contributed by atoms with Crippen LogP contribution in [-0.2, 0) is 22.5 Å². The van der Waals surface area contributed by atoms with Gasteiger partial charge in [0.2, 0.25) is 5.91 Å². The third kappa shape index (κ3) is 7.83. The molecule has 4 rings (SSSR count). The average molecular weight is 542 g/mol. The van der Waals surface area contributed by atoms with Gasteiger partial charge in [-0.2, -0.15) is 0 Å². The molecule has 216 valence electrons. The normalized spacial score (nSPS) is 25.3. The van der Waals surface area contributed by atoms with Gasteiger partial charge in [-0.05, 0) is 75.6 Å². The summed E-state index contributed by atoms with van der Waals surface area (Å²) < 4.78 is 16.7. The maximum atomic E-state index is 13.8. The molecule has 39 heavy (non-hydrogen) atoms. The number of carbonyl (C=O) groups excluding carboxylic acids is 1. The van der Waals surface area contributed by atoms with E-state index in [1.165, 1.54) is 5.56 Å². The molecule has 0 bridgehead atoms. The Hall–Kier alpha value is -2.42. The standard InChI is InChI=1S/C31H47N3O5/c1-22-28(23(2)39-32-22)19-33-14-13-25-17-30(36)34(15-12-24-8-10-27(37-5)11-9-24)20-29(35)31(3,4)21-38-16-6-7-26(25)18-33/h8-11,25-26,29,35H,6-7,12-21H2,1-5H3/t25-,26-,29-/m0/s1. The summed E-state index contributed by atoms with van der Waals surface area (Å²) in [6.45, 7) is 12.8. The van der Waals surface area contributed by atoms with Crippen molar-refractivity contribution < 1.29 is 23.9 Å². The zero-order valence-corrected chi connectivity index (χ0v) is 24.4. The van der Waals surface area contributed by atoms with Gasteiger partial charge in [-0.3, -0.25) is 9.69 Å². The number of hydrogen-bond acceptors (Lipinski definition) is 7. The molecule has 2 saturated heterocycles. The number of amides is 1. The molecule has 0 saturated carbocycles. The van der Waals surface area contributed by atoms with Crippen LogP contribution in [-0.4, -0.2) is 78.6 Å². The minimum atomic E-state index is -0.661. The second kappa shape index (κ2) is 13.3. The van der Waals surface area contributed by atoms with Crippen LogP contribution < -0.4 is 4.74 Å². The number of aryl methyl sites for hydroxylation is 2. The SMILES string of the molecule is COc1ccc(CCN2C[C@H](O)C(C)(C)COCCC[C@H]3CN(Cc4c(C)noc4C)CC[C@H]3CC2=O)cc1. The lowest BCUT2D eigenvalue weighted by Crippen LogP contribution is -2.47. The van der Waals surface area contributed by atoms with Crippen LogP contribution in [0.15, 0.2) is 28.8 Å². The molecule has 2 aliphatic heterocycles. The molecule has 1 aromatic heterocycles. The fraction of sp³-hybridized carbons (Fsp3) is 0.677. The van der Waals surface area contributed by atoms with Crippen molar-refractivity contribution in [3.8, 4) is 5.75 Å². The van der Waals surface area contributed by atoms with Crippen molar-refractivity contribution in [3.05, 3.63) is 46.8 Å². The van der Waals surface area contributed by atoms with Crippen molar-refractivity contribution in [1.82, 2.24) is 15.0 Å². The molecule has 0 unspecified atom stereocenters. The zero-order chi connectivity index (χ0) is 28.0. The van der Waals surface area contributed by atoms with Crippen LogP contribution in [0.4, 0.5) is 0 Å². The van der Waals surface area contributed by atoms with Gasteiger partial charge in [-0.15, -0.1) is 0 Å². The molecule has 3 atom stereocenters. The van der Waals surface area contributed by atoms with Gasteiger partial charge < -0.3 is 24.0 Å². The van der Waals surface area contributed by atoms with Gasteiger partial charge >= 0.3 is 0 Å². The number of methoxy groups -OCH3 is 1. The van der Waals surface area contributed by atoms with Crippen LogP contribution in [0.25, 0.3) is 0 Å². The molecule has 2 fully saturated rings. The van der Waals surface area contributed by atoms with Crippen LogP contribution in [0.5, 0.6) is 5.75 Å². The van der Waals surface area contributed by atoms with E-state index in [1.54, 1.807) is 7.11 Å². The van der Waals surface area contributed by atoms with Crippen LogP contribution >= 0.6 is 0 Å². The Morgan fingerprint density at radius 1 is 1.13 bits per heavy atom. The molecule has 1 aromatic carbocycles. The van der Waals surface area contributed by atoms with E-state index in [4.69, 9.17) is 14.0 Å². The molecule has 1 N–H and O–H groups in total. The maximum absolute atomic E-state index is 13.8. The van der Waals surface area contributed by atoms with E-state index in [9.17, 15) is 9.90 Å². The van der Waals surface area contributed by atoms with Gasteiger partial charge in [0.15, 0.2) is 0 Å². The summed E-state index contributed by atoms with van der Waals surface area (Å²) in [5, 5.41) is 15.3. The zero-order valence-electron chi connectivity index (χ0n) is 24.4. The van der Waals surface area contributed by atoms with Gasteiger partial charge in [0.25, 0.3) is 0 Å². The Balaban J connectivity index is 1.47. The fourth-order valence-electron chi connectivity index (χ4n) is 5.91. The number of piperidine rings is 1. The van der Waals surface area contributed by atoms with Gasteiger partial charge in [0.1, 0.15) is 11.5 Å². The highest BCUT2D eigenvalue weighted by Gasteiger charge is 2.35. The van der Waals surface area contributed by atoms with Crippen molar-refractivity contribution in [2.24, 2.45) is 17.3 Å². The molecule has 8 heteroatoms. The van der Waals surface area contributed by atoms with Gasteiger partial charge in [-0.1, -0.05) is 31.1 Å². The Morgan fingerprint density at radius 2 is 1.90 bits per heavy atom. The number of benzene rings is 1. The van der Waals surface area contributed by atoms with Crippen LogP contribution in [0, 0.1) is 31.1 Å². The molecule has 2 aromatic rings. The number of nitrogens with zero attached hydrogens (tertiary/aromatic N) is 3. The monoisotopic (exact) mass is 541 g/mol. The number of ether oxygens (including phenoxy) is 2. The van der Waals surface area contributed by atoms with Crippen molar-refractivity contribution in [3.63, 3.8) is 0 Å². The number of rotatable bonds is 6. The third-order valence-corrected chi connectivity index (χ3v) is 8.79.